The molecule has 1 heterocycles. The lowest BCUT2D eigenvalue weighted by molar-refractivity contribution is 0.0657. The quantitative estimate of drug-likeness (QED) is 0.894. The molecular weight excluding hydrogens is 244 g/mol. The van der Waals surface area contributed by atoms with Gasteiger partial charge in [0.05, 0.1) is 0 Å². The molecule has 0 aliphatic heterocycles. The van der Waals surface area contributed by atoms with Crippen molar-refractivity contribution in [1.82, 2.24) is 0 Å². The van der Waals surface area contributed by atoms with Crippen LogP contribution in [-0.2, 0) is 13.0 Å². The number of rotatable bonds is 5. The van der Waals surface area contributed by atoms with Crippen molar-refractivity contribution in [3.05, 3.63) is 53.0 Å². The molecule has 4 nitrogen and oxygen atoms in total. The predicted octanol–water partition coefficient (Wildman–Crippen LogP) is 3.43. The average molecular weight is 260 g/mol. The first-order chi connectivity index (χ1) is 9.10. The molecule has 1 aromatic carbocycles. The maximum atomic E-state index is 10.8. The fourth-order valence-corrected chi connectivity index (χ4v) is 1.81. The van der Waals surface area contributed by atoms with E-state index in [0.29, 0.717) is 11.3 Å². The van der Waals surface area contributed by atoms with E-state index in [4.69, 9.17) is 14.3 Å². The zero-order chi connectivity index (χ0) is 13.8. The molecule has 1 aromatic heterocycles. The van der Waals surface area contributed by atoms with E-state index in [2.05, 4.69) is 6.92 Å². The second-order valence-electron chi connectivity index (χ2n) is 4.32. The van der Waals surface area contributed by atoms with Crippen LogP contribution in [0.5, 0.6) is 5.75 Å². The lowest BCUT2D eigenvalue weighted by atomic mass is 10.2. The Morgan fingerprint density at radius 2 is 2.00 bits per heavy atom. The molecular formula is C15H16O4. The number of hydrogen-bond donors (Lipinski definition) is 1. The first kappa shape index (κ1) is 13.2. The minimum atomic E-state index is -1.06. The van der Waals surface area contributed by atoms with Gasteiger partial charge in [0.15, 0.2) is 0 Å². The highest BCUT2D eigenvalue weighted by atomic mass is 16.5. The van der Waals surface area contributed by atoms with E-state index in [0.717, 1.165) is 12.2 Å². The number of aryl methyl sites for hydroxylation is 2. The Balaban J connectivity index is 2.01. The molecule has 0 unspecified atom stereocenters. The van der Waals surface area contributed by atoms with E-state index in [1.807, 2.05) is 24.3 Å². The van der Waals surface area contributed by atoms with Crippen LogP contribution < -0.4 is 4.74 Å². The summed E-state index contributed by atoms with van der Waals surface area (Å²) in [5.74, 6) is 0.161. The van der Waals surface area contributed by atoms with Gasteiger partial charge in [-0.3, -0.25) is 0 Å². The molecule has 2 aromatic rings. The van der Waals surface area contributed by atoms with Gasteiger partial charge in [0.1, 0.15) is 18.1 Å². The summed E-state index contributed by atoms with van der Waals surface area (Å²) >= 11 is 0. The number of aromatic carboxylic acids is 1. The maximum absolute atomic E-state index is 10.8. The minimum Gasteiger partial charge on any atom is -0.486 e. The number of carboxylic acids is 1. The summed E-state index contributed by atoms with van der Waals surface area (Å²) < 4.78 is 10.8. The van der Waals surface area contributed by atoms with Gasteiger partial charge >= 0.3 is 5.97 Å². The van der Waals surface area contributed by atoms with Crippen molar-refractivity contribution in [1.29, 1.82) is 0 Å². The fourth-order valence-electron chi connectivity index (χ4n) is 1.81. The van der Waals surface area contributed by atoms with Gasteiger partial charge in [-0.1, -0.05) is 19.1 Å². The smallest absolute Gasteiger partial charge is 0.372 e. The number of ether oxygens (including phenoxy) is 1. The van der Waals surface area contributed by atoms with Gasteiger partial charge in [-0.2, -0.15) is 0 Å². The monoisotopic (exact) mass is 260 g/mol. The van der Waals surface area contributed by atoms with Crippen LogP contribution in [0.2, 0.25) is 0 Å². The third kappa shape index (κ3) is 3.16. The van der Waals surface area contributed by atoms with Crippen molar-refractivity contribution < 1.29 is 19.1 Å². The first-order valence-electron chi connectivity index (χ1n) is 6.14. The van der Waals surface area contributed by atoms with Crippen LogP contribution in [0, 0.1) is 6.92 Å². The van der Waals surface area contributed by atoms with E-state index in [9.17, 15) is 4.79 Å². The van der Waals surface area contributed by atoms with Crippen molar-refractivity contribution in [3.8, 4) is 5.75 Å². The van der Waals surface area contributed by atoms with Crippen LogP contribution in [0.4, 0.5) is 0 Å². The van der Waals surface area contributed by atoms with E-state index in [-0.39, 0.29) is 12.4 Å². The summed E-state index contributed by atoms with van der Waals surface area (Å²) in [4.78, 5) is 10.8. The van der Waals surface area contributed by atoms with E-state index in [1.165, 1.54) is 5.56 Å². The summed E-state index contributed by atoms with van der Waals surface area (Å²) in [7, 11) is 0. The second kappa shape index (κ2) is 5.61. The number of carbonyl (C=O) groups is 1. The lowest BCUT2D eigenvalue weighted by Crippen LogP contribution is -1.96. The van der Waals surface area contributed by atoms with Gasteiger partial charge in [-0.15, -0.1) is 0 Å². The van der Waals surface area contributed by atoms with Gasteiger partial charge in [0.25, 0.3) is 0 Å². The summed E-state index contributed by atoms with van der Waals surface area (Å²) in [6, 6.07) is 9.49. The Hall–Kier alpha value is -2.23. The van der Waals surface area contributed by atoms with Crippen LogP contribution in [0.25, 0.3) is 0 Å². The van der Waals surface area contributed by atoms with Crippen molar-refractivity contribution in [2.75, 3.05) is 0 Å². The SMILES string of the molecule is CCc1ccc(OCc2cc(C)c(C(=O)O)o2)cc1. The molecule has 1 N–H and O–H groups in total. The molecule has 2 rings (SSSR count). The third-order valence-electron chi connectivity index (χ3n) is 2.88. The largest absolute Gasteiger partial charge is 0.486 e. The highest BCUT2D eigenvalue weighted by Crippen LogP contribution is 2.18. The summed E-state index contributed by atoms with van der Waals surface area (Å²) in [6.07, 6.45) is 0.986. The Labute approximate surface area is 111 Å². The Morgan fingerprint density at radius 3 is 2.53 bits per heavy atom. The van der Waals surface area contributed by atoms with Crippen molar-refractivity contribution in [2.45, 2.75) is 26.9 Å². The molecule has 0 spiro atoms. The van der Waals surface area contributed by atoms with Gasteiger partial charge in [0, 0.05) is 5.56 Å². The normalized spacial score (nSPS) is 10.4. The van der Waals surface area contributed by atoms with Crippen molar-refractivity contribution >= 4 is 5.97 Å². The number of carboxylic acid groups (broad SMARTS) is 1. The molecule has 0 radical (unpaired) electrons. The molecule has 0 aliphatic carbocycles. The molecule has 0 fully saturated rings. The molecule has 0 saturated carbocycles. The molecule has 0 atom stereocenters. The molecule has 0 bridgehead atoms. The van der Waals surface area contributed by atoms with E-state index < -0.39 is 5.97 Å². The first-order valence-corrected chi connectivity index (χ1v) is 6.14. The Morgan fingerprint density at radius 1 is 1.32 bits per heavy atom. The predicted molar refractivity (Wildman–Crippen MR) is 70.6 cm³/mol. The lowest BCUT2D eigenvalue weighted by Gasteiger charge is -2.04. The van der Waals surface area contributed by atoms with Crippen LogP contribution >= 0.6 is 0 Å². The van der Waals surface area contributed by atoms with Crippen LogP contribution in [0.3, 0.4) is 0 Å². The number of hydrogen-bond acceptors (Lipinski definition) is 3. The van der Waals surface area contributed by atoms with Gasteiger partial charge in [-0.05, 0) is 37.1 Å². The number of benzene rings is 1. The topological polar surface area (TPSA) is 59.7 Å². The zero-order valence-corrected chi connectivity index (χ0v) is 11.0. The minimum absolute atomic E-state index is 0.0278. The van der Waals surface area contributed by atoms with Crippen LogP contribution in [0.1, 0.15) is 34.4 Å². The standard InChI is InChI=1S/C15H16O4/c1-3-11-4-6-12(7-5-11)18-9-13-8-10(2)14(19-13)15(16)17/h4-8H,3,9H2,1-2H3,(H,16,17). The Bertz CT molecular complexity index is 566. The molecule has 0 aliphatic rings. The van der Waals surface area contributed by atoms with E-state index in [1.54, 1.807) is 13.0 Å². The fraction of sp³-hybridized carbons (Fsp3) is 0.267. The van der Waals surface area contributed by atoms with Crippen LogP contribution in [-0.4, -0.2) is 11.1 Å². The van der Waals surface area contributed by atoms with Gasteiger partial charge in [0.2, 0.25) is 5.76 Å². The van der Waals surface area contributed by atoms with Gasteiger partial charge in [-0.25, -0.2) is 4.79 Å². The molecule has 0 amide bonds. The second-order valence-corrected chi connectivity index (χ2v) is 4.32. The molecule has 19 heavy (non-hydrogen) atoms. The summed E-state index contributed by atoms with van der Waals surface area (Å²) in [5, 5.41) is 8.89. The molecule has 100 valence electrons. The highest BCUT2D eigenvalue weighted by Gasteiger charge is 2.14. The maximum Gasteiger partial charge on any atom is 0.372 e. The molecule has 4 heteroatoms. The number of furan rings is 1. The van der Waals surface area contributed by atoms with Crippen LogP contribution in [0.15, 0.2) is 34.7 Å². The van der Waals surface area contributed by atoms with E-state index >= 15 is 0 Å². The zero-order valence-electron chi connectivity index (χ0n) is 11.0. The Kier molecular flexibility index (Phi) is 3.90. The summed E-state index contributed by atoms with van der Waals surface area (Å²) in [5.41, 5.74) is 1.85. The molecule has 0 saturated heterocycles. The van der Waals surface area contributed by atoms with Crippen molar-refractivity contribution in [3.63, 3.8) is 0 Å². The summed E-state index contributed by atoms with van der Waals surface area (Å²) in [6.45, 7) is 4.01. The van der Waals surface area contributed by atoms with Crippen molar-refractivity contribution in [2.24, 2.45) is 0 Å². The average Bonchev–Trinajstić information content (AvgIpc) is 2.78. The van der Waals surface area contributed by atoms with Gasteiger partial charge < -0.3 is 14.3 Å². The third-order valence-corrected chi connectivity index (χ3v) is 2.88. The highest BCUT2D eigenvalue weighted by molar-refractivity contribution is 5.86.